The summed E-state index contributed by atoms with van der Waals surface area (Å²) in [5, 5.41) is 8.81. The van der Waals surface area contributed by atoms with Gasteiger partial charge in [-0.3, -0.25) is 4.98 Å². The van der Waals surface area contributed by atoms with Gasteiger partial charge in [-0.05, 0) is 24.1 Å². The van der Waals surface area contributed by atoms with E-state index in [4.69, 9.17) is 10.8 Å². The number of amides is 1. The van der Waals surface area contributed by atoms with Gasteiger partial charge in [-0.25, -0.2) is 4.79 Å². The molecule has 2 heterocycles. The van der Waals surface area contributed by atoms with Gasteiger partial charge >= 0.3 is 6.09 Å². The van der Waals surface area contributed by atoms with Gasteiger partial charge in [0, 0.05) is 19.3 Å². The first-order valence-electron chi connectivity index (χ1n) is 5.06. The summed E-state index contributed by atoms with van der Waals surface area (Å²) in [7, 11) is 0. The number of anilines is 1. The lowest BCUT2D eigenvalue weighted by molar-refractivity contribution is 0.150. The molecule has 5 nitrogen and oxygen atoms in total. The summed E-state index contributed by atoms with van der Waals surface area (Å²) in [5.41, 5.74) is 8.24. The highest BCUT2D eigenvalue weighted by Crippen LogP contribution is 2.24. The molecular formula is C11H13N3O2. The van der Waals surface area contributed by atoms with E-state index in [1.54, 1.807) is 18.3 Å². The summed E-state index contributed by atoms with van der Waals surface area (Å²) in [4.78, 5) is 16.3. The van der Waals surface area contributed by atoms with Crippen molar-refractivity contribution in [2.75, 3.05) is 18.8 Å². The number of hydrogen-bond donors (Lipinski definition) is 2. The van der Waals surface area contributed by atoms with Crippen molar-refractivity contribution in [1.29, 1.82) is 0 Å². The van der Waals surface area contributed by atoms with Crippen molar-refractivity contribution in [2.24, 2.45) is 0 Å². The van der Waals surface area contributed by atoms with Gasteiger partial charge in [0.2, 0.25) is 0 Å². The largest absolute Gasteiger partial charge is 0.465 e. The molecule has 1 aromatic rings. The molecule has 0 bridgehead atoms. The van der Waals surface area contributed by atoms with Crippen LogP contribution < -0.4 is 5.73 Å². The summed E-state index contributed by atoms with van der Waals surface area (Å²) in [6.07, 6.45) is 3.34. The van der Waals surface area contributed by atoms with E-state index in [0.717, 1.165) is 11.3 Å². The number of nitrogen functional groups attached to an aromatic ring is 1. The van der Waals surface area contributed by atoms with Crippen LogP contribution in [0.1, 0.15) is 12.1 Å². The number of aromatic nitrogens is 1. The van der Waals surface area contributed by atoms with Gasteiger partial charge < -0.3 is 15.7 Å². The zero-order valence-corrected chi connectivity index (χ0v) is 8.76. The van der Waals surface area contributed by atoms with Crippen LogP contribution in [0, 0.1) is 0 Å². The van der Waals surface area contributed by atoms with Crippen molar-refractivity contribution in [3.63, 3.8) is 0 Å². The Morgan fingerprint density at radius 1 is 1.56 bits per heavy atom. The average molecular weight is 219 g/mol. The summed E-state index contributed by atoms with van der Waals surface area (Å²) in [6.45, 7) is 0.901. The van der Waals surface area contributed by atoms with Crippen LogP contribution in [0.15, 0.2) is 24.4 Å². The van der Waals surface area contributed by atoms with Gasteiger partial charge in [-0.2, -0.15) is 0 Å². The molecule has 0 fully saturated rings. The first-order chi connectivity index (χ1) is 7.68. The average Bonchev–Trinajstić information content (AvgIpc) is 2.30. The molecule has 0 aromatic carbocycles. The quantitative estimate of drug-likeness (QED) is 0.748. The van der Waals surface area contributed by atoms with Crippen LogP contribution in [0.5, 0.6) is 0 Å². The molecular weight excluding hydrogens is 206 g/mol. The molecule has 1 aromatic heterocycles. The molecule has 2 rings (SSSR count). The summed E-state index contributed by atoms with van der Waals surface area (Å²) in [5.74, 6) is 0. The number of carbonyl (C=O) groups is 1. The van der Waals surface area contributed by atoms with Gasteiger partial charge in [0.05, 0.1) is 11.4 Å². The fraction of sp³-hybridized carbons (Fsp3) is 0.273. The van der Waals surface area contributed by atoms with E-state index in [1.807, 2.05) is 6.08 Å². The van der Waals surface area contributed by atoms with E-state index in [1.165, 1.54) is 4.90 Å². The van der Waals surface area contributed by atoms with Crippen molar-refractivity contribution in [2.45, 2.75) is 6.42 Å². The molecule has 1 aliphatic rings. The first-order valence-corrected chi connectivity index (χ1v) is 5.06. The topological polar surface area (TPSA) is 79.5 Å². The third-order valence-corrected chi connectivity index (χ3v) is 2.62. The second kappa shape index (κ2) is 4.22. The molecule has 1 amide bonds. The number of rotatable bonds is 1. The van der Waals surface area contributed by atoms with Gasteiger partial charge in [-0.1, -0.05) is 6.08 Å². The van der Waals surface area contributed by atoms with Crippen molar-refractivity contribution in [3.05, 3.63) is 30.1 Å². The second-order valence-corrected chi connectivity index (χ2v) is 3.65. The lowest BCUT2D eigenvalue weighted by Gasteiger charge is -2.23. The van der Waals surface area contributed by atoms with E-state index in [0.29, 0.717) is 25.2 Å². The van der Waals surface area contributed by atoms with Crippen LogP contribution in [0.25, 0.3) is 5.57 Å². The highest BCUT2D eigenvalue weighted by atomic mass is 16.4. The van der Waals surface area contributed by atoms with Crippen molar-refractivity contribution < 1.29 is 9.90 Å². The summed E-state index contributed by atoms with van der Waals surface area (Å²) in [6, 6.07) is 3.58. The lowest BCUT2D eigenvalue weighted by Crippen LogP contribution is -2.33. The zero-order chi connectivity index (χ0) is 11.5. The molecule has 0 spiro atoms. The number of nitrogens with two attached hydrogens (primary N) is 1. The molecule has 3 N–H and O–H groups in total. The van der Waals surface area contributed by atoms with Crippen LogP contribution in [-0.2, 0) is 0 Å². The Balaban J connectivity index is 2.19. The molecule has 84 valence electrons. The lowest BCUT2D eigenvalue weighted by atomic mass is 10.0. The van der Waals surface area contributed by atoms with E-state index in [9.17, 15) is 4.79 Å². The number of nitrogens with zero attached hydrogens (tertiary/aromatic N) is 2. The van der Waals surface area contributed by atoms with Crippen LogP contribution in [0.2, 0.25) is 0 Å². The Morgan fingerprint density at radius 3 is 2.94 bits per heavy atom. The summed E-state index contributed by atoms with van der Waals surface area (Å²) >= 11 is 0. The van der Waals surface area contributed by atoms with Crippen molar-refractivity contribution in [1.82, 2.24) is 9.88 Å². The third-order valence-electron chi connectivity index (χ3n) is 2.62. The molecule has 16 heavy (non-hydrogen) atoms. The molecule has 0 radical (unpaired) electrons. The van der Waals surface area contributed by atoms with Crippen LogP contribution >= 0.6 is 0 Å². The van der Waals surface area contributed by atoms with Gasteiger partial charge in [0.25, 0.3) is 0 Å². The maximum atomic E-state index is 10.7. The van der Waals surface area contributed by atoms with E-state index in [2.05, 4.69) is 4.98 Å². The number of pyridine rings is 1. The Labute approximate surface area is 93.2 Å². The van der Waals surface area contributed by atoms with Gasteiger partial charge in [0.15, 0.2) is 0 Å². The Kier molecular flexibility index (Phi) is 2.76. The molecule has 0 saturated carbocycles. The maximum absolute atomic E-state index is 10.7. The van der Waals surface area contributed by atoms with Crippen LogP contribution in [0.4, 0.5) is 10.5 Å². The Hall–Kier alpha value is -2.04. The predicted octanol–water partition coefficient (Wildman–Crippen LogP) is 1.43. The van der Waals surface area contributed by atoms with Crippen molar-refractivity contribution in [3.8, 4) is 0 Å². The highest BCUT2D eigenvalue weighted by Gasteiger charge is 2.18. The third kappa shape index (κ3) is 1.98. The minimum absolute atomic E-state index is 0.403. The Bertz CT molecular complexity index is 443. The zero-order valence-electron chi connectivity index (χ0n) is 8.76. The minimum Gasteiger partial charge on any atom is -0.465 e. The van der Waals surface area contributed by atoms with E-state index in [-0.39, 0.29) is 0 Å². The van der Waals surface area contributed by atoms with Gasteiger partial charge in [0.1, 0.15) is 0 Å². The molecule has 0 unspecified atom stereocenters. The van der Waals surface area contributed by atoms with E-state index >= 15 is 0 Å². The monoisotopic (exact) mass is 219 g/mol. The van der Waals surface area contributed by atoms with Crippen molar-refractivity contribution >= 4 is 17.4 Å². The van der Waals surface area contributed by atoms with Gasteiger partial charge in [-0.15, -0.1) is 0 Å². The standard InChI is InChI=1S/C11H13N3O2/c12-9-2-1-5-13-10(9)8-3-6-14(7-4-8)11(15)16/h1-3,5H,4,6-7,12H2,(H,15,16). The van der Waals surface area contributed by atoms with E-state index < -0.39 is 6.09 Å². The summed E-state index contributed by atoms with van der Waals surface area (Å²) < 4.78 is 0. The number of carboxylic acid groups (broad SMARTS) is 1. The minimum atomic E-state index is -0.885. The normalized spacial score (nSPS) is 15.8. The maximum Gasteiger partial charge on any atom is 0.407 e. The molecule has 0 atom stereocenters. The smallest absolute Gasteiger partial charge is 0.407 e. The second-order valence-electron chi connectivity index (χ2n) is 3.65. The fourth-order valence-corrected chi connectivity index (χ4v) is 1.74. The molecule has 0 aliphatic carbocycles. The van der Waals surface area contributed by atoms with Crippen LogP contribution in [-0.4, -0.2) is 34.2 Å². The number of hydrogen-bond acceptors (Lipinski definition) is 3. The first kappa shape index (κ1) is 10.5. The predicted molar refractivity (Wildman–Crippen MR) is 60.8 cm³/mol. The fourth-order valence-electron chi connectivity index (χ4n) is 1.74. The highest BCUT2D eigenvalue weighted by molar-refractivity contribution is 5.74. The molecule has 1 aliphatic heterocycles. The Morgan fingerprint density at radius 2 is 2.38 bits per heavy atom. The molecule has 5 heteroatoms. The molecule has 0 saturated heterocycles. The SMILES string of the molecule is Nc1cccnc1C1=CCN(C(=O)O)CC1. The van der Waals surface area contributed by atoms with Crippen LogP contribution in [0.3, 0.4) is 0 Å².